The molecule has 1 aliphatic carbocycles. The summed E-state index contributed by atoms with van der Waals surface area (Å²) in [5, 5.41) is 27.7. The highest BCUT2D eigenvalue weighted by molar-refractivity contribution is 6.08. The van der Waals surface area contributed by atoms with E-state index in [0.29, 0.717) is 11.4 Å². The summed E-state index contributed by atoms with van der Waals surface area (Å²) in [4.78, 5) is 28.2. The van der Waals surface area contributed by atoms with E-state index in [1.807, 2.05) is 6.07 Å². The summed E-state index contributed by atoms with van der Waals surface area (Å²) in [5.74, 6) is -3.70. The number of hydrogen-bond acceptors (Lipinski definition) is 9. The van der Waals surface area contributed by atoms with Gasteiger partial charge in [0.1, 0.15) is 11.6 Å². The first kappa shape index (κ1) is 20.4. The average molecular weight is 372 g/mol. The third-order valence-corrected chi connectivity index (χ3v) is 4.63. The zero-order valence-electron chi connectivity index (χ0n) is 16.6. The van der Waals surface area contributed by atoms with Crippen LogP contribution in [0.1, 0.15) is 48.5 Å². The van der Waals surface area contributed by atoms with Gasteiger partial charge >= 0.3 is 5.91 Å². The summed E-state index contributed by atoms with van der Waals surface area (Å²) in [6.07, 6.45) is 0. The van der Waals surface area contributed by atoms with Crippen LogP contribution in [0.3, 0.4) is 0 Å². The molecule has 1 fully saturated rings. The number of nitrogens with two attached hydrogens (primary N) is 1. The molecule has 9 heteroatoms. The number of nitrogens with zero attached hydrogens (tertiary/aromatic N) is 5. The molecule has 0 bridgehead atoms. The molecule has 27 heavy (non-hydrogen) atoms. The van der Waals surface area contributed by atoms with E-state index in [2.05, 4.69) is 21.4 Å². The van der Waals surface area contributed by atoms with E-state index in [-0.39, 0.29) is 11.6 Å². The fourth-order valence-corrected chi connectivity index (χ4v) is 3.36. The van der Waals surface area contributed by atoms with Crippen molar-refractivity contribution in [1.82, 2.24) is 0 Å². The molecule has 2 N–H and O–H groups in total. The molecule has 2 rings (SSSR count). The van der Waals surface area contributed by atoms with E-state index in [1.54, 1.807) is 48.5 Å². The summed E-state index contributed by atoms with van der Waals surface area (Å²) >= 11 is 0. The fraction of sp³-hybridized carbons (Fsp3) is 0.667. The Morgan fingerprint density at radius 1 is 1.11 bits per heavy atom. The summed E-state index contributed by atoms with van der Waals surface area (Å²) in [5.41, 5.74) is 2.83. The number of Topliss-reactive ketones (excluding diaryl/α,β-unsaturated/α-hetero) is 1. The molecular weight excluding hydrogens is 348 g/mol. The number of carbonyl (C=O) groups is 1. The zero-order valence-corrected chi connectivity index (χ0v) is 16.6. The lowest BCUT2D eigenvalue weighted by Crippen LogP contribution is -2.43. The maximum absolute atomic E-state index is 13.1. The highest BCUT2D eigenvalue weighted by atomic mass is 16.8. The fourth-order valence-electron chi connectivity index (χ4n) is 3.36. The predicted octanol–water partition coefficient (Wildman–Crippen LogP) is 2.10. The van der Waals surface area contributed by atoms with Crippen molar-refractivity contribution in [3.63, 3.8) is 0 Å². The van der Waals surface area contributed by atoms with Gasteiger partial charge in [-0.3, -0.25) is 4.79 Å². The lowest BCUT2D eigenvalue weighted by atomic mass is 9.84. The van der Waals surface area contributed by atoms with Crippen molar-refractivity contribution in [3.05, 3.63) is 0 Å². The van der Waals surface area contributed by atoms with Crippen molar-refractivity contribution in [3.8, 4) is 12.1 Å². The van der Waals surface area contributed by atoms with Crippen LogP contribution in [-0.2, 0) is 14.5 Å². The maximum atomic E-state index is 13.1. The van der Waals surface area contributed by atoms with Crippen LogP contribution in [-0.4, -0.2) is 29.0 Å². The lowest BCUT2D eigenvalue weighted by molar-refractivity contribution is -0.262. The van der Waals surface area contributed by atoms with E-state index in [9.17, 15) is 15.3 Å². The molecule has 0 aromatic heterocycles. The van der Waals surface area contributed by atoms with Gasteiger partial charge in [-0.1, -0.05) is 31.1 Å². The van der Waals surface area contributed by atoms with Crippen molar-refractivity contribution in [1.29, 1.82) is 10.5 Å². The van der Waals surface area contributed by atoms with Crippen LogP contribution < -0.4 is 5.73 Å². The quantitative estimate of drug-likeness (QED) is 0.444. The zero-order chi connectivity index (χ0) is 20.8. The topological polar surface area (TPSA) is 146 Å². The minimum Gasteiger partial charge on any atom is -0.386 e. The van der Waals surface area contributed by atoms with Gasteiger partial charge in [-0.2, -0.15) is 15.5 Å². The number of fused-ring (bicyclic) bond motifs is 1. The molecule has 9 nitrogen and oxygen atoms in total. The first-order valence-electron chi connectivity index (χ1n) is 8.47. The van der Waals surface area contributed by atoms with Gasteiger partial charge in [-0.25, -0.2) is 0 Å². The molecule has 0 spiro atoms. The van der Waals surface area contributed by atoms with Crippen molar-refractivity contribution in [2.45, 2.75) is 54.4 Å². The summed E-state index contributed by atoms with van der Waals surface area (Å²) in [7, 11) is 0. The molecule has 0 aromatic rings. The second kappa shape index (κ2) is 6.05. The normalized spacial score (nSPS) is 30.0. The van der Waals surface area contributed by atoms with Crippen LogP contribution >= 0.6 is 0 Å². The third kappa shape index (κ3) is 2.49. The number of aliphatic imine (C=N–C) groups is 1. The monoisotopic (exact) mass is 372 g/mol. The van der Waals surface area contributed by atoms with Gasteiger partial charge in [0, 0.05) is 5.41 Å². The Hall–Kier alpha value is -2.94. The summed E-state index contributed by atoms with van der Waals surface area (Å²) in [6, 6.07) is 4.08. The van der Waals surface area contributed by atoms with Crippen LogP contribution in [0.15, 0.2) is 15.3 Å². The SMILES string of the molecule is CC(C)=NOC1(ON=C(C)C)N=C(N)[C@]2(C#N)[C@H](C(=O)C(C)(C)C)[C@@]12C#N. The third-order valence-electron chi connectivity index (χ3n) is 4.63. The number of hydrogen-bond donors (Lipinski definition) is 1. The van der Waals surface area contributed by atoms with E-state index >= 15 is 0 Å². The van der Waals surface area contributed by atoms with Crippen molar-refractivity contribution in [2.24, 2.45) is 43.2 Å². The average Bonchev–Trinajstić information content (AvgIpc) is 3.13. The number of rotatable bonds is 5. The Labute approximate surface area is 158 Å². The van der Waals surface area contributed by atoms with Crippen molar-refractivity contribution >= 4 is 23.0 Å². The molecule has 1 saturated carbocycles. The van der Waals surface area contributed by atoms with Gasteiger partial charge in [0.25, 0.3) is 0 Å². The van der Waals surface area contributed by atoms with E-state index in [1.165, 1.54) is 0 Å². The van der Waals surface area contributed by atoms with Gasteiger partial charge in [-0.05, 0) is 27.7 Å². The predicted molar refractivity (Wildman–Crippen MR) is 98.1 cm³/mol. The van der Waals surface area contributed by atoms with Crippen LogP contribution in [0, 0.1) is 44.8 Å². The second-order valence-electron chi connectivity index (χ2n) is 8.23. The van der Waals surface area contributed by atoms with Crippen LogP contribution in [0.4, 0.5) is 0 Å². The molecule has 144 valence electrons. The minimum atomic E-state index is -2.12. The largest absolute Gasteiger partial charge is 0.421 e. The smallest absolute Gasteiger partial charge is 0.386 e. The molecule has 3 atom stereocenters. The molecule has 0 aromatic carbocycles. The number of amidine groups is 1. The van der Waals surface area contributed by atoms with Gasteiger partial charge in [0.15, 0.2) is 10.8 Å². The summed E-state index contributed by atoms with van der Waals surface area (Å²) in [6.45, 7) is 11.8. The number of nitriles is 2. The molecule has 0 amide bonds. The molecule has 1 heterocycles. The van der Waals surface area contributed by atoms with Crippen molar-refractivity contribution in [2.75, 3.05) is 0 Å². The van der Waals surface area contributed by atoms with Crippen LogP contribution in [0.2, 0.25) is 0 Å². The Morgan fingerprint density at radius 3 is 1.93 bits per heavy atom. The number of oxime groups is 2. The van der Waals surface area contributed by atoms with Gasteiger partial charge in [-0.15, -0.1) is 0 Å². The highest BCUT2D eigenvalue weighted by Gasteiger charge is 2.98. The first-order chi connectivity index (χ1) is 12.4. The lowest BCUT2D eigenvalue weighted by Gasteiger charge is -2.28. The highest BCUT2D eigenvalue weighted by Crippen LogP contribution is 2.79. The molecule has 0 saturated heterocycles. The first-order valence-corrected chi connectivity index (χ1v) is 8.47. The Kier molecular flexibility index (Phi) is 4.57. The number of ketones is 1. The molecule has 2 aliphatic rings. The molecule has 1 aliphatic heterocycles. The minimum absolute atomic E-state index is 0.193. The second-order valence-corrected chi connectivity index (χ2v) is 8.23. The van der Waals surface area contributed by atoms with Gasteiger partial charge in [0.05, 0.1) is 29.5 Å². The molecule has 0 radical (unpaired) electrons. The summed E-state index contributed by atoms with van der Waals surface area (Å²) < 4.78 is 0. The van der Waals surface area contributed by atoms with E-state index in [0.717, 1.165) is 0 Å². The molecular formula is C18H24N6O3. The standard InChI is InChI=1S/C18H24N6O3/c1-10(2)23-26-18(27-24-11(3)4)17(9-20)12(13(25)15(5,6)7)16(17,8-19)14(21)22-18/h12H,1-7H3,(H2,21,22)/t12-,16-,17+/m0/s1. The van der Waals surface area contributed by atoms with Gasteiger partial charge in [0.2, 0.25) is 0 Å². The van der Waals surface area contributed by atoms with Gasteiger partial charge < -0.3 is 15.4 Å². The Morgan fingerprint density at radius 2 is 1.59 bits per heavy atom. The van der Waals surface area contributed by atoms with E-state index < -0.39 is 28.1 Å². The number of carbonyl (C=O) groups excluding carboxylic acids is 1. The maximum Gasteiger partial charge on any atom is 0.421 e. The Bertz CT molecular complexity index is 826. The molecule has 0 unspecified atom stereocenters. The van der Waals surface area contributed by atoms with Crippen molar-refractivity contribution < 1.29 is 14.5 Å². The van der Waals surface area contributed by atoms with Crippen LogP contribution in [0.5, 0.6) is 0 Å². The van der Waals surface area contributed by atoms with E-state index in [4.69, 9.17) is 15.4 Å². The Balaban J connectivity index is 2.74. The van der Waals surface area contributed by atoms with Crippen LogP contribution in [0.25, 0.3) is 0 Å².